The molecule has 18 heavy (non-hydrogen) atoms. The molecule has 4 saturated heterocycles. The van der Waals surface area contributed by atoms with E-state index in [1.807, 2.05) is 0 Å². The van der Waals surface area contributed by atoms with Crippen molar-refractivity contribution in [3.63, 3.8) is 0 Å². The smallest absolute Gasteiger partial charge is 0.0939 e. The van der Waals surface area contributed by atoms with Crippen LogP contribution in [0.25, 0.3) is 0 Å². The number of ether oxygens (including phenoxy) is 2. The first-order valence-electron chi connectivity index (χ1n) is 7.34. The van der Waals surface area contributed by atoms with Crippen LogP contribution in [0, 0.1) is 5.41 Å². The Morgan fingerprint density at radius 2 is 2.00 bits per heavy atom. The Bertz CT molecular complexity index is 327. The highest BCUT2D eigenvalue weighted by Crippen LogP contribution is 2.41. The van der Waals surface area contributed by atoms with Crippen LogP contribution in [-0.2, 0) is 9.47 Å². The van der Waals surface area contributed by atoms with Crippen LogP contribution in [0.3, 0.4) is 0 Å². The fraction of sp³-hybridized carbons (Fsp3) is 1.00. The Morgan fingerprint density at radius 3 is 2.67 bits per heavy atom. The molecule has 4 heteroatoms. The molecule has 4 heterocycles. The maximum atomic E-state index is 6.30. The van der Waals surface area contributed by atoms with Gasteiger partial charge in [0.05, 0.1) is 18.3 Å². The predicted molar refractivity (Wildman–Crippen MR) is 68.6 cm³/mol. The number of rotatable bonds is 2. The van der Waals surface area contributed by atoms with Crippen molar-refractivity contribution in [2.75, 3.05) is 53.0 Å². The summed E-state index contributed by atoms with van der Waals surface area (Å²) in [6, 6.07) is 0. The van der Waals surface area contributed by atoms with Crippen molar-refractivity contribution in [3.05, 3.63) is 0 Å². The number of likely N-dealkylation sites (tertiary alicyclic amines) is 2. The SMILES string of the molecule is CN1CC2(CCC(CN3CC4(CCOC4)C3)O2)C1. The lowest BCUT2D eigenvalue weighted by Crippen LogP contribution is -2.61. The Hall–Kier alpha value is -0.160. The molecule has 1 atom stereocenters. The van der Waals surface area contributed by atoms with Gasteiger partial charge in [0, 0.05) is 44.7 Å². The molecule has 0 saturated carbocycles. The summed E-state index contributed by atoms with van der Waals surface area (Å²) in [4.78, 5) is 4.93. The minimum absolute atomic E-state index is 0.235. The van der Waals surface area contributed by atoms with Crippen molar-refractivity contribution < 1.29 is 9.47 Å². The summed E-state index contributed by atoms with van der Waals surface area (Å²) in [7, 11) is 2.18. The van der Waals surface area contributed by atoms with Crippen LogP contribution in [0.1, 0.15) is 19.3 Å². The maximum Gasteiger partial charge on any atom is 0.0939 e. The third kappa shape index (κ3) is 1.82. The molecule has 2 spiro atoms. The zero-order valence-corrected chi connectivity index (χ0v) is 11.4. The van der Waals surface area contributed by atoms with Crippen molar-refractivity contribution in [3.8, 4) is 0 Å². The number of hydrogen-bond acceptors (Lipinski definition) is 4. The van der Waals surface area contributed by atoms with E-state index in [1.165, 1.54) is 32.4 Å². The highest BCUT2D eigenvalue weighted by Gasteiger charge is 2.50. The predicted octanol–water partition coefficient (Wildman–Crippen LogP) is 0.572. The van der Waals surface area contributed by atoms with Gasteiger partial charge in [-0.1, -0.05) is 0 Å². The molecule has 0 aromatic heterocycles. The quantitative estimate of drug-likeness (QED) is 0.717. The molecule has 4 fully saturated rings. The third-order valence-corrected chi connectivity index (χ3v) is 5.22. The first kappa shape index (κ1) is 11.6. The Kier molecular flexibility index (Phi) is 2.54. The van der Waals surface area contributed by atoms with Crippen molar-refractivity contribution >= 4 is 0 Å². The van der Waals surface area contributed by atoms with Crippen LogP contribution in [0.2, 0.25) is 0 Å². The van der Waals surface area contributed by atoms with Gasteiger partial charge in [-0.2, -0.15) is 0 Å². The maximum absolute atomic E-state index is 6.30. The second-order valence-corrected chi connectivity index (χ2v) is 7.11. The highest BCUT2D eigenvalue weighted by atomic mass is 16.5. The van der Waals surface area contributed by atoms with Gasteiger partial charge in [0.2, 0.25) is 0 Å². The van der Waals surface area contributed by atoms with Gasteiger partial charge in [0.25, 0.3) is 0 Å². The Labute approximate surface area is 109 Å². The summed E-state index contributed by atoms with van der Waals surface area (Å²) in [6.45, 7) is 7.86. The van der Waals surface area contributed by atoms with E-state index >= 15 is 0 Å². The van der Waals surface area contributed by atoms with Crippen molar-refractivity contribution in [1.82, 2.24) is 9.80 Å². The van der Waals surface area contributed by atoms with Gasteiger partial charge in [0.15, 0.2) is 0 Å². The van der Waals surface area contributed by atoms with Crippen molar-refractivity contribution in [1.29, 1.82) is 0 Å². The molecule has 0 aromatic rings. The topological polar surface area (TPSA) is 24.9 Å². The molecule has 0 aliphatic carbocycles. The van der Waals surface area contributed by atoms with Gasteiger partial charge in [-0.05, 0) is 26.3 Å². The Morgan fingerprint density at radius 1 is 1.17 bits per heavy atom. The molecule has 0 bridgehead atoms. The zero-order valence-electron chi connectivity index (χ0n) is 11.4. The van der Waals surface area contributed by atoms with Gasteiger partial charge in [-0.25, -0.2) is 0 Å². The molecular weight excluding hydrogens is 228 g/mol. The fourth-order valence-electron chi connectivity index (χ4n) is 4.41. The minimum atomic E-state index is 0.235. The molecule has 1 unspecified atom stereocenters. The number of nitrogens with zero attached hydrogens (tertiary/aromatic N) is 2. The van der Waals surface area contributed by atoms with Gasteiger partial charge in [-0.3, -0.25) is 4.90 Å². The van der Waals surface area contributed by atoms with Crippen LogP contribution in [0.5, 0.6) is 0 Å². The van der Waals surface area contributed by atoms with Crippen LogP contribution in [0.4, 0.5) is 0 Å². The average molecular weight is 252 g/mol. The summed E-state index contributed by atoms with van der Waals surface area (Å²) in [5, 5.41) is 0. The lowest BCUT2D eigenvalue weighted by Gasteiger charge is -2.49. The number of hydrogen-bond donors (Lipinski definition) is 0. The summed E-state index contributed by atoms with van der Waals surface area (Å²) in [5.74, 6) is 0. The van der Waals surface area contributed by atoms with E-state index in [9.17, 15) is 0 Å². The fourth-order valence-corrected chi connectivity index (χ4v) is 4.41. The van der Waals surface area contributed by atoms with Gasteiger partial charge < -0.3 is 14.4 Å². The Balaban J connectivity index is 1.25. The van der Waals surface area contributed by atoms with Gasteiger partial charge in [0.1, 0.15) is 0 Å². The molecule has 0 aromatic carbocycles. The largest absolute Gasteiger partial charge is 0.381 e. The van der Waals surface area contributed by atoms with Crippen molar-refractivity contribution in [2.45, 2.75) is 31.0 Å². The van der Waals surface area contributed by atoms with E-state index in [0.717, 1.165) is 32.8 Å². The van der Waals surface area contributed by atoms with Gasteiger partial charge in [-0.15, -0.1) is 0 Å². The van der Waals surface area contributed by atoms with Gasteiger partial charge >= 0.3 is 0 Å². The van der Waals surface area contributed by atoms with Crippen LogP contribution in [0.15, 0.2) is 0 Å². The van der Waals surface area contributed by atoms with Crippen molar-refractivity contribution in [2.24, 2.45) is 5.41 Å². The average Bonchev–Trinajstić information content (AvgIpc) is 2.84. The van der Waals surface area contributed by atoms with E-state index in [4.69, 9.17) is 9.47 Å². The zero-order chi connectivity index (χ0) is 12.2. The van der Waals surface area contributed by atoms with E-state index in [2.05, 4.69) is 16.8 Å². The van der Waals surface area contributed by atoms with E-state index in [1.54, 1.807) is 0 Å². The second-order valence-electron chi connectivity index (χ2n) is 7.11. The first-order valence-corrected chi connectivity index (χ1v) is 7.34. The van der Waals surface area contributed by atoms with Crippen LogP contribution >= 0.6 is 0 Å². The third-order valence-electron chi connectivity index (χ3n) is 5.22. The lowest BCUT2D eigenvalue weighted by atomic mass is 9.79. The summed E-state index contributed by atoms with van der Waals surface area (Å²) in [5.41, 5.74) is 0.755. The molecule has 4 rings (SSSR count). The molecule has 0 radical (unpaired) electrons. The van der Waals surface area contributed by atoms with E-state index in [0.29, 0.717) is 11.5 Å². The normalized spacial score (nSPS) is 38.2. The molecule has 4 aliphatic rings. The van der Waals surface area contributed by atoms with Crippen LogP contribution < -0.4 is 0 Å². The molecule has 0 amide bonds. The summed E-state index contributed by atoms with van der Waals surface area (Å²) < 4.78 is 11.8. The lowest BCUT2D eigenvalue weighted by molar-refractivity contribution is -0.139. The minimum Gasteiger partial charge on any atom is -0.381 e. The molecule has 4 nitrogen and oxygen atoms in total. The molecule has 4 aliphatic heterocycles. The molecular formula is C14H24N2O2. The summed E-state index contributed by atoms with van der Waals surface area (Å²) in [6.07, 6.45) is 4.28. The highest BCUT2D eigenvalue weighted by molar-refractivity contribution is 5.03. The van der Waals surface area contributed by atoms with E-state index < -0.39 is 0 Å². The standard InChI is InChI=1S/C14H24N2O2/c1-15-9-14(10-15)3-2-12(18-14)6-16-7-13(8-16)4-5-17-11-13/h12H,2-11H2,1H3. The molecule has 0 N–H and O–H groups in total. The monoisotopic (exact) mass is 252 g/mol. The van der Waals surface area contributed by atoms with E-state index in [-0.39, 0.29) is 5.60 Å². The first-order chi connectivity index (χ1) is 8.67. The number of likely N-dealkylation sites (N-methyl/N-ethyl adjacent to an activating group) is 1. The van der Waals surface area contributed by atoms with Crippen LogP contribution in [-0.4, -0.2) is 74.5 Å². The summed E-state index contributed by atoms with van der Waals surface area (Å²) >= 11 is 0. The second kappa shape index (κ2) is 3.92. The molecule has 102 valence electrons.